The standard InChI is InChI=1S/C25H34N4O2/c30-19-21-12-16-28(17-13-21)22-10-8-20(9-11-22)18-26-25(31)27-23-6-2-3-7-24(23)29-14-4-1-5-15-29/h2-3,6-11,21,30H,1,4-5,12-19H2,(H2,26,27,31). The second-order valence-electron chi connectivity index (χ2n) is 8.65. The molecular formula is C25H34N4O2. The maximum Gasteiger partial charge on any atom is 0.319 e. The third-order valence-corrected chi connectivity index (χ3v) is 6.48. The number of hydrogen-bond acceptors (Lipinski definition) is 4. The van der Waals surface area contributed by atoms with Crippen molar-refractivity contribution in [2.45, 2.75) is 38.6 Å². The van der Waals surface area contributed by atoms with Crippen LogP contribution in [0.15, 0.2) is 48.5 Å². The van der Waals surface area contributed by atoms with E-state index in [0.29, 0.717) is 19.1 Å². The summed E-state index contributed by atoms with van der Waals surface area (Å²) in [7, 11) is 0. The van der Waals surface area contributed by atoms with E-state index in [1.54, 1.807) is 0 Å². The van der Waals surface area contributed by atoms with Crippen LogP contribution in [0.3, 0.4) is 0 Å². The lowest BCUT2D eigenvalue weighted by molar-refractivity contribution is 0.203. The smallest absolute Gasteiger partial charge is 0.319 e. The second-order valence-corrected chi connectivity index (χ2v) is 8.65. The number of rotatable bonds is 6. The molecule has 2 aliphatic rings. The Bertz CT molecular complexity index is 841. The van der Waals surface area contributed by atoms with E-state index in [2.05, 4.69) is 50.8 Å². The number of piperidine rings is 2. The molecule has 0 atom stereocenters. The summed E-state index contributed by atoms with van der Waals surface area (Å²) in [6.07, 6.45) is 5.77. The molecule has 2 fully saturated rings. The molecule has 0 bridgehead atoms. The molecule has 31 heavy (non-hydrogen) atoms. The van der Waals surface area contributed by atoms with E-state index < -0.39 is 0 Å². The fourth-order valence-corrected chi connectivity index (χ4v) is 4.54. The molecule has 2 saturated heterocycles. The molecule has 0 unspecified atom stereocenters. The fourth-order valence-electron chi connectivity index (χ4n) is 4.54. The van der Waals surface area contributed by atoms with Gasteiger partial charge in [0.05, 0.1) is 11.4 Å². The number of urea groups is 1. The Hall–Kier alpha value is -2.73. The van der Waals surface area contributed by atoms with Crippen molar-refractivity contribution in [3.63, 3.8) is 0 Å². The van der Waals surface area contributed by atoms with Crippen LogP contribution < -0.4 is 20.4 Å². The maximum atomic E-state index is 12.5. The van der Waals surface area contributed by atoms with Crippen LogP contribution in [0.1, 0.15) is 37.7 Å². The van der Waals surface area contributed by atoms with Crippen molar-refractivity contribution in [3.05, 3.63) is 54.1 Å². The van der Waals surface area contributed by atoms with Gasteiger partial charge in [-0.05, 0) is 67.9 Å². The van der Waals surface area contributed by atoms with Gasteiger partial charge in [-0.25, -0.2) is 4.79 Å². The summed E-state index contributed by atoms with van der Waals surface area (Å²) in [4.78, 5) is 17.3. The summed E-state index contributed by atoms with van der Waals surface area (Å²) in [5.74, 6) is 0.443. The molecule has 6 heteroatoms. The summed E-state index contributed by atoms with van der Waals surface area (Å²) in [6, 6.07) is 16.3. The van der Waals surface area contributed by atoms with Gasteiger partial charge in [0, 0.05) is 45.0 Å². The number of amides is 2. The Morgan fingerprint density at radius 1 is 0.903 bits per heavy atom. The Morgan fingerprint density at radius 2 is 1.61 bits per heavy atom. The molecular weight excluding hydrogens is 388 g/mol. The van der Waals surface area contributed by atoms with Gasteiger partial charge in [-0.15, -0.1) is 0 Å². The second kappa shape index (κ2) is 10.5. The van der Waals surface area contributed by atoms with Crippen LogP contribution in [0.2, 0.25) is 0 Å². The van der Waals surface area contributed by atoms with Crippen molar-refractivity contribution in [3.8, 4) is 0 Å². The normalized spacial score (nSPS) is 17.5. The molecule has 0 radical (unpaired) electrons. The first-order valence-electron chi connectivity index (χ1n) is 11.6. The van der Waals surface area contributed by atoms with Gasteiger partial charge in [0.1, 0.15) is 0 Å². The van der Waals surface area contributed by atoms with Gasteiger partial charge in [0.2, 0.25) is 0 Å². The number of benzene rings is 2. The van der Waals surface area contributed by atoms with E-state index in [1.807, 2.05) is 18.2 Å². The minimum atomic E-state index is -0.181. The number of carbonyl (C=O) groups excluding carboxylic acids is 1. The zero-order chi connectivity index (χ0) is 21.5. The minimum Gasteiger partial charge on any atom is -0.396 e. The van der Waals surface area contributed by atoms with E-state index in [1.165, 1.54) is 24.9 Å². The monoisotopic (exact) mass is 422 g/mol. The van der Waals surface area contributed by atoms with Crippen molar-refractivity contribution in [2.75, 3.05) is 47.9 Å². The Kier molecular flexibility index (Phi) is 7.30. The number of nitrogens with one attached hydrogen (secondary N) is 2. The van der Waals surface area contributed by atoms with Crippen LogP contribution >= 0.6 is 0 Å². The molecule has 0 spiro atoms. The predicted octanol–water partition coefficient (Wildman–Crippen LogP) is 4.21. The molecule has 4 rings (SSSR count). The number of para-hydroxylation sites is 2. The van der Waals surface area contributed by atoms with Crippen LogP contribution in [-0.4, -0.2) is 43.9 Å². The number of carbonyl (C=O) groups is 1. The summed E-state index contributed by atoms with van der Waals surface area (Å²) < 4.78 is 0. The molecule has 0 saturated carbocycles. The highest BCUT2D eigenvalue weighted by Gasteiger charge is 2.19. The average Bonchev–Trinajstić information content (AvgIpc) is 2.84. The van der Waals surface area contributed by atoms with E-state index in [-0.39, 0.29) is 6.03 Å². The van der Waals surface area contributed by atoms with Crippen LogP contribution in [-0.2, 0) is 6.54 Å². The zero-order valence-corrected chi connectivity index (χ0v) is 18.2. The topological polar surface area (TPSA) is 67.8 Å². The first-order valence-corrected chi connectivity index (χ1v) is 11.6. The quantitative estimate of drug-likeness (QED) is 0.652. The Balaban J connectivity index is 1.28. The van der Waals surface area contributed by atoms with E-state index in [4.69, 9.17) is 0 Å². The van der Waals surface area contributed by atoms with E-state index in [9.17, 15) is 9.90 Å². The lowest BCUT2D eigenvalue weighted by Gasteiger charge is -2.33. The number of aliphatic hydroxyl groups is 1. The molecule has 2 aliphatic heterocycles. The van der Waals surface area contributed by atoms with Gasteiger partial charge in [-0.1, -0.05) is 24.3 Å². The number of aliphatic hydroxyl groups excluding tert-OH is 1. The molecule has 0 aromatic heterocycles. The predicted molar refractivity (Wildman–Crippen MR) is 127 cm³/mol. The third-order valence-electron chi connectivity index (χ3n) is 6.48. The van der Waals surface area contributed by atoms with Crippen molar-refractivity contribution in [2.24, 2.45) is 5.92 Å². The van der Waals surface area contributed by atoms with Gasteiger partial charge >= 0.3 is 6.03 Å². The first kappa shape index (κ1) is 21.5. The third kappa shape index (κ3) is 5.70. The molecule has 2 heterocycles. The molecule has 6 nitrogen and oxygen atoms in total. The minimum absolute atomic E-state index is 0.181. The summed E-state index contributed by atoms with van der Waals surface area (Å²) >= 11 is 0. The van der Waals surface area contributed by atoms with Gasteiger partial charge in [-0.3, -0.25) is 0 Å². The summed E-state index contributed by atoms with van der Waals surface area (Å²) in [6.45, 7) is 4.85. The molecule has 2 aromatic carbocycles. The molecule has 166 valence electrons. The fraction of sp³-hybridized carbons (Fsp3) is 0.480. The summed E-state index contributed by atoms with van der Waals surface area (Å²) in [5, 5.41) is 15.3. The zero-order valence-electron chi connectivity index (χ0n) is 18.2. The maximum absolute atomic E-state index is 12.5. The van der Waals surface area contributed by atoms with Crippen molar-refractivity contribution >= 4 is 23.1 Å². The SMILES string of the molecule is O=C(NCc1ccc(N2CCC(CO)CC2)cc1)Nc1ccccc1N1CCCCC1. The molecule has 3 N–H and O–H groups in total. The highest BCUT2D eigenvalue weighted by molar-refractivity contribution is 5.93. The Labute approximate surface area is 185 Å². The van der Waals surface area contributed by atoms with Crippen LogP contribution in [0.25, 0.3) is 0 Å². The van der Waals surface area contributed by atoms with Gasteiger partial charge < -0.3 is 25.5 Å². The summed E-state index contributed by atoms with van der Waals surface area (Å²) in [5.41, 5.74) is 4.25. The largest absolute Gasteiger partial charge is 0.396 e. The number of nitrogens with zero attached hydrogens (tertiary/aromatic N) is 2. The van der Waals surface area contributed by atoms with Gasteiger partial charge in [0.25, 0.3) is 0 Å². The van der Waals surface area contributed by atoms with E-state index in [0.717, 1.165) is 56.0 Å². The number of hydrogen-bond donors (Lipinski definition) is 3. The van der Waals surface area contributed by atoms with Crippen molar-refractivity contribution in [1.82, 2.24) is 5.32 Å². The van der Waals surface area contributed by atoms with E-state index >= 15 is 0 Å². The molecule has 0 aliphatic carbocycles. The first-order chi connectivity index (χ1) is 15.2. The highest BCUT2D eigenvalue weighted by atomic mass is 16.3. The van der Waals surface area contributed by atoms with Crippen molar-refractivity contribution < 1.29 is 9.90 Å². The lowest BCUT2D eigenvalue weighted by atomic mass is 9.97. The lowest BCUT2D eigenvalue weighted by Crippen LogP contribution is -2.34. The van der Waals surface area contributed by atoms with Gasteiger partial charge in [0.15, 0.2) is 0 Å². The van der Waals surface area contributed by atoms with Crippen LogP contribution in [0.4, 0.5) is 21.9 Å². The van der Waals surface area contributed by atoms with Crippen LogP contribution in [0, 0.1) is 5.92 Å². The number of anilines is 3. The Morgan fingerprint density at radius 3 is 2.32 bits per heavy atom. The van der Waals surface area contributed by atoms with Gasteiger partial charge in [-0.2, -0.15) is 0 Å². The van der Waals surface area contributed by atoms with Crippen molar-refractivity contribution in [1.29, 1.82) is 0 Å². The van der Waals surface area contributed by atoms with Crippen LogP contribution in [0.5, 0.6) is 0 Å². The highest BCUT2D eigenvalue weighted by Crippen LogP contribution is 2.28. The molecule has 2 aromatic rings. The average molecular weight is 423 g/mol. The molecule has 2 amide bonds.